The summed E-state index contributed by atoms with van der Waals surface area (Å²) in [5.41, 5.74) is -0.346. The lowest BCUT2D eigenvalue weighted by Crippen LogP contribution is -2.52. The summed E-state index contributed by atoms with van der Waals surface area (Å²) in [5, 5.41) is 39.0. The minimum Gasteiger partial charge on any atom is -0.493 e. The van der Waals surface area contributed by atoms with Crippen LogP contribution in [0.2, 0.25) is 0 Å². The van der Waals surface area contributed by atoms with E-state index in [2.05, 4.69) is 28.0 Å². The van der Waals surface area contributed by atoms with Crippen molar-refractivity contribution in [2.45, 2.75) is 5.92 Å². The first kappa shape index (κ1) is 24.7. The molecule has 35 heavy (non-hydrogen) atoms. The molecular weight excluding hydrogens is 444 g/mol. The summed E-state index contributed by atoms with van der Waals surface area (Å²) >= 11 is 0. The van der Waals surface area contributed by atoms with Crippen LogP contribution in [0.4, 0.5) is 0 Å². The molecule has 0 bridgehead atoms. The second kappa shape index (κ2) is 10.5. The molecule has 1 aromatic rings. The van der Waals surface area contributed by atoms with Crippen LogP contribution < -0.4 is 9.47 Å². The van der Waals surface area contributed by atoms with Gasteiger partial charge in [0.25, 0.3) is 0 Å². The molecule has 3 unspecified atom stereocenters. The van der Waals surface area contributed by atoms with Crippen molar-refractivity contribution in [2.24, 2.45) is 17.3 Å². The van der Waals surface area contributed by atoms with Gasteiger partial charge in [-0.25, -0.2) is 0 Å². The lowest BCUT2D eigenvalue weighted by Gasteiger charge is -2.47. The predicted octanol–water partition coefficient (Wildman–Crippen LogP) is 2.18. The topological polar surface area (TPSA) is 129 Å². The SMILES string of the molecule is COc1cc(C2C3CN(C)CC=C3C(C#N)C(=N)C2(C#N)C#N)ccc1OCCN1CCOCC1. The van der Waals surface area contributed by atoms with E-state index in [-0.39, 0.29) is 11.6 Å². The summed E-state index contributed by atoms with van der Waals surface area (Å²) in [5.74, 6) is -0.627. The third kappa shape index (κ3) is 4.49. The molecule has 1 aromatic carbocycles. The molecule has 0 radical (unpaired) electrons. The number of nitrogens with zero attached hydrogens (tertiary/aromatic N) is 5. The molecule has 3 aliphatic rings. The first-order valence-electron chi connectivity index (χ1n) is 11.8. The maximum Gasteiger partial charge on any atom is 0.189 e. The van der Waals surface area contributed by atoms with Crippen LogP contribution in [0.5, 0.6) is 11.5 Å². The molecule has 2 heterocycles. The Morgan fingerprint density at radius 2 is 1.91 bits per heavy atom. The van der Waals surface area contributed by atoms with Crippen molar-refractivity contribution in [2.75, 3.05) is 66.7 Å². The summed E-state index contributed by atoms with van der Waals surface area (Å²) in [6.45, 7) is 5.75. The molecule has 9 nitrogen and oxygen atoms in total. The smallest absolute Gasteiger partial charge is 0.189 e. The molecule has 1 saturated carbocycles. The van der Waals surface area contributed by atoms with Crippen LogP contribution in [0.1, 0.15) is 11.5 Å². The Balaban J connectivity index is 1.67. The van der Waals surface area contributed by atoms with Crippen LogP contribution >= 0.6 is 0 Å². The van der Waals surface area contributed by atoms with E-state index in [9.17, 15) is 15.8 Å². The van der Waals surface area contributed by atoms with Crippen LogP contribution in [0, 0.1) is 56.7 Å². The molecule has 0 spiro atoms. The van der Waals surface area contributed by atoms with Gasteiger partial charge in [0, 0.05) is 44.6 Å². The highest BCUT2D eigenvalue weighted by Gasteiger charge is 2.57. The molecule has 1 N–H and O–H groups in total. The zero-order valence-electron chi connectivity index (χ0n) is 20.2. The van der Waals surface area contributed by atoms with Crippen molar-refractivity contribution in [3.05, 3.63) is 35.4 Å². The van der Waals surface area contributed by atoms with E-state index in [4.69, 9.17) is 19.6 Å². The van der Waals surface area contributed by atoms with Gasteiger partial charge in [-0.2, -0.15) is 15.8 Å². The zero-order chi connectivity index (χ0) is 25.0. The molecule has 2 fully saturated rings. The molecule has 2 aliphatic heterocycles. The Morgan fingerprint density at radius 1 is 1.17 bits per heavy atom. The van der Waals surface area contributed by atoms with Gasteiger partial charge in [0.1, 0.15) is 12.5 Å². The number of fused-ring (bicyclic) bond motifs is 1. The predicted molar refractivity (Wildman–Crippen MR) is 128 cm³/mol. The Morgan fingerprint density at radius 3 is 2.57 bits per heavy atom. The van der Waals surface area contributed by atoms with Crippen LogP contribution in [-0.4, -0.2) is 82.2 Å². The fraction of sp³-hybridized carbons (Fsp3) is 0.538. The largest absolute Gasteiger partial charge is 0.493 e. The summed E-state index contributed by atoms with van der Waals surface area (Å²) in [4.78, 5) is 4.38. The summed E-state index contributed by atoms with van der Waals surface area (Å²) < 4.78 is 17.0. The number of likely N-dealkylation sites (N-methyl/N-ethyl adjacent to an activating group) is 1. The van der Waals surface area contributed by atoms with E-state index in [1.807, 2.05) is 31.3 Å². The molecular formula is C26H30N6O3. The second-order valence-corrected chi connectivity index (χ2v) is 9.23. The van der Waals surface area contributed by atoms with Gasteiger partial charge in [-0.3, -0.25) is 4.90 Å². The van der Waals surface area contributed by atoms with E-state index < -0.39 is 17.3 Å². The number of benzene rings is 1. The van der Waals surface area contributed by atoms with Crippen LogP contribution in [0.15, 0.2) is 29.8 Å². The molecule has 182 valence electrons. The van der Waals surface area contributed by atoms with Crippen molar-refractivity contribution in [1.29, 1.82) is 21.2 Å². The van der Waals surface area contributed by atoms with Crippen molar-refractivity contribution >= 4 is 5.71 Å². The van der Waals surface area contributed by atoms with Gasteiger partial charge in [0.2, 0.25) is 0 Å². The molecule has 3 atom stereocenters. The third-order valence-electron chi connectivity index (χ3n) is 7.29. The van der Waals surface area contributed by atoms with E-state index in [0.29, 0.717) is 31.2 Å². The standard InChI is InChI=1S/C26H30N6O3/c1-31-6-5-19-20(14-27)25(30)26(16-28,17-29)24(21(19)15-31)18-3-4-22(23(13-18)33-2)35-12-9-32-7-10-34-11-8-32/h3-5,13,20-21,24,30H,6-12,15H2,1-2H3. The quantitative estimate of drug-likeness (QED) is 0.621. The molecule has 1 saturated heterocycles. The minimum absolute atomic E-state index is 0.146. The number of methoxy groups -OCH3 is 1. The highest BCUT2D eigenvalue weighted by molar-refractivity contribution is 6.00. The normalized spacial score (nSPS) is 26.4. The van der Waals surface area contributed by atoms with E-state index >= 15 is 0 Å². The zero-order valence-corrected chi connectivity index (χ0v) is 20.2. The molecule has 0 amide bonds. The van der Waals surface area contributed by atoms with Gasteiger partial charge >= 0.3 is 0 Å². The highest BCUT2D eigenvalue weighted by Crippen LogP contribution is 2.54. The van der Waals surface area contributed by atoms with Crippen LogP contribution in [0.3, 0.4) is 0 Å². The fourth-order valence-corrected chi connectivity index (χ4v) is 5.43. The molecule has 1 aliphatic carbocycles. The lowest BCUT2D eigenvalue weighted by molar-refractivity contribution is 0.0321. The van der Waals surface area contributed by atoms with E-state index in [1.54, 1.807) is 7.11 Å². The van der Waals surface area contributed by atoms with Crippen molar-refractivity contribution in [1.82, 2.24) is 9.80 Å². The average molecular weight is 475 g/mol. The van der Waals surface area contributed by atoms with E-state index in [1.165, 1.54) is 0 Å². The van der Waals surface area contributed by atoms with Gasteiger partial charge in [0.05, 0.1) is 44.2 Å². The fourth-order valence-electron chi connectivity index (χ4n) is 5.43. The summed E-state index contributed by atoms with van der Waals surface area (Å²) in [6.07, 6.45) is 1.97. The minimum atomic E-state index is -1.75. The third-order valence-corrected chi connectivity index (χ3v) is 7.29. The summed E-state index contributed by atoms with van der Waals surface area (Å²) in [7, 11) is 3.53. The second-order valence-electron chi connectivity index (χ2n) is 9.23. The number of rotatable bonds is 6. The maximum absolute atomic E-state index is 10.2. The maximum atomic E-state index is 10.2. The van der Waals surface area contributed by atoms with Crippen molar-refractivity contribution in [3.63, 3.8) is 0 Å². The Hall–Kier alpha value is -3.42. The van der Waals surface area contributed by atoms with Crippen LogP contribution in [0.25, 0.3) is 0 Å². The van der Waals surface area contributed by atoms with Crippen LogP contribution in [-0.2, 0) is 4.74 Å². The monoisotopic (exact) mass is 474 g/mol. The van der Waals surface area contributed by atoms with Gasteiger partial charge in [0.15, 0.2) is 16.9 Å². The summed E-state index contributed by atoms with van der Waals surface area (Å²) in [6, 6.07) is 11.9. The van der Waals surface area contributed by atoms with Gasteiger partial charge < -0.3 is 24.5 Å². The van der Waals surface area contributed by atoms with Gasteiger partial charge in [-0.1, -0.05) is 12.1 Å². The Kier molecular flexibility index (Phi) is 7.38. The van der Waals surface area contributed by atoms with Gasteiger partial charge in [-0.15, -0.1) is 0 Å². The number of hydrogen-bond donors (Lipinski definition) is 1. The van der Waals surface area contributed by atoms with E-state index in [0.717, 1.165) is 44.0 Å². The number of morpholine rings is 1. The first-order chi connectivity index (χ1) is 17.0. The number of ether oxygens (including phenoxy) is 3. The van der Waals surface area contributed by atoms with Crippen molar-refractivity contribution in [3.8, 4) is 29.7 Å². The average Bonchev–Trinajstić information content (AvgIpc) is 2.89. The highest BCUT2D eigenvalue weighted by atomic mass is 16.5. The number of hydrogen-bond acceptors (Lipinski definition) is 9. The Labute approximate surface area is 206 Å². The van der Waals surface area contributed by atoms with Gasteiger partial charge in [-0.05, 0) is 30.3 Å². The lowest BCUT2D eigenvalue weighted by atomic mass is 9.54. The molecule has 9 heteroatoms. The number of nitrogens with one attached hydrogen (secondary N) is 1. The Bertz CT molecular complexity index is 1110. The first-order valence-corrected chi connectivity index (χ1v) is 11.8. The molecule has 4 rings (SSSR count). The number of nitriles is 3. The van der Waals surface area contributed by atoms with Crippen molar-refractivity contribution < 1.29 is 14.2 Å². The molecule has 0 aromatic heterocycles.